The molecule has 2 aliphatic rings. The van der Waals surface area contributed by atoms with E-state index in [0.29, 0.717) is 25.4 Å². The van der Waals surface area contributed by atoms with Crippen LogP contribution in [0.2, 0.25) is 0 Å². The smallest absolute Gasteiger partial charge is 0.211 e. The van der Waals surface area contributed by atoms with Gasteiger partial charge in [-0.2, -0.15) is 4.31 Å². The van der Waals surface area contributed by atoms with Crippen LogP contribution in [0.4, 0.5) is 0 Å². The number of benzene rings is 1. The summed E-state index contributed by atoms with van der Waals surface area (Å²) in [5, 5.41) is 0. The molecule has 0 unspecified atom stereocenters. The molecule has 0 N–H and O–H groups in total. The van der Waals surface area contributed by atoms with Gasteiger partial charge in [-0.1, -0.05) is 19.9 Å². The first-order chi connectivity index (χ1) is 10.2. The first-order valence-corrected chi connectivity index (χ1v) is 9.06. The monoisotopic (exact) mass is 323 g/mol. The maximum absolute atomic E-state index is 12.0. The lowest BCUT2D eigenvalue weighted by Gasteiger charge is -2.30. The Morgan fingerprint density at radius 2 is 2.00 bits per heavy atom. The van der Waals surface area contributed by atoms with E-state index in [9.17, 15) is 8.42 Å². The third-order valence-corrected chi connectivity index (χ3v) is 5.28. The minimum Gasteiger partial charge on any atom is -0.496 e. The normalized spacial score (nSPS) is 20.5. The standard InChI is InChI=1S/C16H21NO4S/c1-16(2)7-11-8-17(22(4,18)19)9-12-13(20-3)5-6-14(15(11)12)21-10-16/h5-7H,8-10H2,1-4H3. The van der Waals surface area contributed by atoms with Crippen molar-refractivity contribution in [1.29, 1.82) is 0 Å². The van der Waals surface area contributed by atoms with Crippen molar-refractivity contribution >= 4 is 15.6 Å². The van der Waals surface area contributed by atoms with Gasteiger partial charge in [0, 0.05) is 29.6 Å². The SMILES string of the molecule is COc1ccc2c3c1CN(S(C)(=O)=O)CC3=CC(C)(C)CO2. The number of ether oxygens (including phenoxy) is 2. The Kier molecular flexibility index (Phi) is 3.49. The van der Waals surface area contributed by atoms with Crippen LogP contribution in [-0.4, -0.2) is 39.2 Å². The molecule has 0 amide bonds. The Morgan fingerprint density at radius 1 is 1.27 bits per heavy atom. The van der Waals surface area contributed by atoms with Crippen molar-refractivity contribution in [2.45, 2.75) is 20.4 Å². The number of nitrogens with zero attached hydrogens (tertiary/aromatic N) is 1. The molecule has 120 valence electrons. The fraction of sp³-hybridized carbons (Fsp3) is 0.500. The van der Waals surface area contributed by atoms with Crippen LogP contribution in [0.15, 0.2) is 18.2 Å². The maximum atomic E-state index is 12.0. The Balaban J connectivity index is 2.24. The molecule has 6 heteroatoms. The van der Waals surface area contributed by atoms with Crippen molar-refractivity contribution in [1.82, 2.24) is 4.31 Å². The van der Waals surface area contributed by atoms with Crippen molar-refractivity contribution in [3.63, 3.8) is 0 Å². The molecule has 1 aromatic rings. The second kappa shape index (κ2) is 4.99. The summed E-state index contributed by atoms with van der Waals surface area (Å²) in [6, 6.07) is 3.75. The Hall–Kier alpha value is -1.53. The Bertz CT molecular complexity index is 750. The second-order valence-electron chi connectivity index (χ2n) is 6.60. The molecule has 0 aliphatic carbocycles. The average Bonchev–Trinajstić information content (AvgIpc) is 2.55. The summed E-state index contributed by atoms with van der Waals surface area (Å²) in [4.78, 5) is 0. The van der Waals surface area contributed by atoms with E-state index in [2.05, 4.69) is 19.9 Å². The van der Waals surface area contributed by atoms with E-state index < -0.39 is 10.0 Å². The van der Waals surface area contributed by atoms with Gasteiger partial charge in [-0.25, -0.2) is 8.42 Å². The third kappa shape index (κ3) is 2.61. The van der Waals surface area contributed by atoms with Crippen LogP contribution in [0.1, 0.15) is 25.0 Å². The Labute approximate surface area is 131 Å². The van der Waals surface area contributed by atoms with Crippen LogP contribution < -0.4 is 9.47 Å². The summed E-state index contributed by atoms with van der Waals surface area (Å²) in [6.07, 6.45) is 3.37. The quantitative estimate of drug-likeness (QED) is 0.838. The predicted octanol–water partition coefficient (Wildman–Crippen LogP) is 2.27. The van der Waals surface area contributed by atoms with Crippen LogP contribution in [0.3, 0.4) is 0 Å². The molecule has 3 rings (SSSR count). The summed E-state index contributed by atoms with van der Waals surface area (Å²) in [6.45, 7) is 5.42. The van der Waals surface area contributed by atoms with E-state index in [1.165, 1.54) is 10.6 Å². The van der Waals surface area contributed by atoms with Gasteiger partial charge in [-0.3, -0.25) is 0 Å². The average molecular weight is 323 g/mol. The minimum absolute atomic E-state index is 0.153. The minimum atomic E-state index is -3.28. The van der Waals surface area contributed by atoms with Crippen LogP contribution in [0.5, 0.6) is 11.5 Å². The first-order valence-electron chi connectivity index (χ1n) is 7.21. The molecule has 0 saturated carbocycles. The molecule has 0 aromatic heterocycles. The van der Waals surface area contributed by atoms with E-state index in [4.69, 9.17) is 9.47 Å². The summed E-state index contributed by atoms with van der Waals surface area (Å²) >= 11 is 0. The fourth-order valence-electron chi connectivity index (χ4n) is 3.06. The zero-order valence-electron chi connectivity index (χ0n) is 13.3. The summed E-state index contributed by atoms with van der Waals surface area (Å²) in [5.74, 6) is 1.50. The van der Waals surface area contributed by atoms with Gasteiger partial charge in [-0.15, -0.1) is 0 Å². The van der Waals surface area contributed by atoms with E-state index >= 15 is 0 Å². The van der Waals surface area contributed by atoms with Gasteiger partial charge in [0.1, 0.15) is 11.5 Å². The molecular weight excluding hydrogens is 302 g/mol. The van der Waals surface area contributed by atoms with Crippen molar-refractivity contribution in [2.24, 2.45) is 5.41 Å². The highest BCUT2D eigenvalue weighted by Crippen LogP contribution is 2.44. The van der Waals surface area contributed by atoms with Gasteiger partial charge in [0.05, 0.1) is 20.0 Å². The lowest BCUT2D eigenvalue weighted by atomic mass is 9.87. The number of hydrogen-bond donors (Lipinski definition) is 0. The molecule has 0 spiro atoms. The molecule has 0 radical (unpaired) electrons. The summed E-state index contributed by atoms with van der Waals surface area (Å²) in [7, 11) is -1.68. The predicted molar refractivity (Wildman–Crippen MR) is 85.5 cm³/mol. The number of rotatable bonds is 2. The highest BCUT2D eigenvalue weighted by molar-refractivity contribution is 7.88. The molecular formula is C16H21NO4S. The van der Waals surface area contributed by atoms with Crippen LogP contribution in [-0.2, 0) is 16.6 Å². The summed E-state index contributed by atoms with van der Waals surface area (Å²) in [5.41, 5.74) is 2.70. The highest BCUT2D eigenvalue weighted by atomic mass is 32.2. The zero-order valence-corrected chi connectivity index (χ0v) is 14.2. The van der Waals surface area contributed by atoms with Crippen LogP contribution >= 0.6 is 0 Å². The van der Waals surface area contributed by atoms with E-state index in [1.807, 2.05) is 12.1 Å². The van der Waals surface area contributed by atoms with E-state index in [0.717, 1.165) is 22.4 Å². The maximum Gasteiger partial charge on any atom is 0.211 e. The van der Waals surface area contributed by atoms with Gasteiger partial charge in [-0.05, 0) is 17.7 Å². The number of methoxy groups -OCH3 is 1. The van der Waals surface area contributed by atoms with Crippen molar-refractivity contribution in [3.05, 3.63) is 29.3 Å². The third-order valence-electron chi connectivity index (χ3n) is 4.09. The van der Waals surface area contributed by atoms with Crippen LogP contribution in [0, 0.1) is 5.41 Å². The van der Waals surface area contributed by atoms with Gasteiger partial charge in [0.2, 0.25) is 10.0 Å². The second-order valence-corrected chi connectivity index (χ2v) is 8.58. The zero-order chi connectivity index (χ0) is 16.1. The molecule has 0 atom stereocenters. The van der Waals surface area contributed by atoms with Gasteiger partial charge < -0.3 is 9.47 Å². The molecule has 0 fully saturated rings. The van der Waals surface area contributed by atoms with Gasteiger partial charge >= 0.3 is 0 Å². The lowest BCUT2D eigenvalue weighted by molar-refractivity contribution is 0.224. The van der Waals surface area contributed by atoms with Gasteiger partial charge in [0.25, 0.3) is 0 Å². The van der Waals surface area contributed by atoms with Crippen molar-refractivity contribution in [3.8, 4) is 11.5 Å². The van der Waals surface area contributed by atoms with Crippen LogP contribution in [0.25, 0.3) is 5.57 Å². The molecule has 0 bridgehead atoms. The number of sulfonamides is 1. The largest absolute Gasteiger partial charge is 0.496 e. The molecule has 5 nitrogen and oxygen atoms in total. The van der Waals surface area contributed by atoms with E-state index in [-0.39, 0.29) is 5.41 Å². The van der Waals surface area contributed by atoms with Gasteiger partial charge in [0.15, 0.2) is 0 Å². The lowest BCUT2D eigenvalue weighted by Crippen LogP contribution is -2.35. The Morgan fingerprint density at radius 3 is 2.64 bits per heavy atom. The molecule has 1 aromatic carbocycles. The molecule has 2 aliphatic heterocycles. The molecule has 0 saturated heterocycles. The first kappa shape index (κ1) is 15.4. The van der Waals surface area contributed by atoms with E-state index in [1.54, 1.807) is 7.11 Å². The molecule has 22 heavy (non-hydrogen) atoms. The van der Waals surface area contributed by atoms with Crippen molar-refractivity contribution in [2.75, 3.05) is 26.5 Å². The summed E-state index contributed by atoms with van der Waals surface area (Å²) < 4.78 is 36.9. The highest BCUT2D eigenvalue weighted by Gasteiger charge is 2.34. The van der Waals surface area contributed by atoms with Crippen molar-refractivity contribution < 1.29 is 17.9 Å². The number of hydrogen-bond acceptors (Lipinski definition) is 4. The topological polar surface area (TPSA) is 55.8 Å². The fourth-order valence-corrected chi connectivity index (χ4v) is 3.80. The molecule has 2 heterocycles.